The van der Waals surface area contributed by atoms with Crippen LogP contribution in [-0.2, 0) is 0 Å². The smallest absolute Gasteiger partial charge is 0.418 e. The minimum absolute atomic E-state index is 1.23. The van der Waals surface area contributed by atoms with Crippen molar-refractivity contribution in [2.45, 2.75) is 45.4 Å². The van der Waals surface area contributed by atoms with Crippen LogP contribution in [0.3, 0.4) is 0 Å². The first-order valence-corrected chi connectivity index (χ1v) is 7.15. The molecule has 1 aliphatic heterocycles. The van der Waals surface area contributed by atoms with E-state index in [9.17, 15) is 17.3 Å². The van der Waals surface area contributed by atoms with E-state index in [1.54, 1.807) is 0 Å². The fourth-order valence-corrected chi connectivity index (χ4v) is 1.90. The highest BCUT2D eigenvalue weighted by Crippen LogP contribution is 2.06. The molecule has 2 nitrogen and oxygen atoms in total. The van der Waals surface area contributed by atoms with Crippen LogP contribution in [0.15, 0.2) is 24.6 Å². The van der Waals surface area contributed by atoms with Crippen molar-refractivity contribution in [2.24, 2.45) is 0 Å². The summed E-state index contributed by atoms with van der Waals surface area (Å²) in [5.74, 6) is 0. The van der Waals surface area contributed by atoms with Crippen LogP contribution in [0.5, 0.6) is 0 Å². The van der Waals surface area contributed by atoms with Gasteiger partial charge in [-0.25, -0.2) is 10.0 Å². The van der Waals surface area contributed by atoms with Gasteiger partial charge in [-0.15, -0.1) is 0 Å². The Labute approximate surface area is 119 Å². The summed E-state index contributed by atoms with van der Waals surface area (Å²) in [5, 5.41) is 3.68. The summed E-state index contributed by atoms with van der Waals surface area (Å²) in [6.07, 6.45) is 16.9. The second-order valence-electron chi connectivity index (χ2n) is 4.82. The molecule has 0 amide bonds. The van der Waals surface area contributed by atoms with Crippen molar-refractivity contribution in [1.29, 1.82) is 0 Å². The number of allylic oxidation sites excluding steroid dienone is 2. The molecule has 0 radical (unpaired) electrons. The maximum Gasteiger partial charge on any atom is 0.673 e. The Bertz CT molecular complexity index is 287. The van der Waals surface area contributed by atoms with E-state index in [4.69, 9.17) is 0 Å². The Balaban J connectivity index is 0.000000621. The van der Waals surface area contributed by atoms with Crippen LogP contribution in [0.2, 0.25) is 0 Å². The first kappa shape index (κ1) is 19.0. The molecule has 0 aliphatic carbocycles. The molecule has 1 atom stereocenters. The van der Waals surface area contributed by atoms with E-state index < -0.39 is 7.25 Å². The highest BCUT2D eigenvalue weighted by atomic mass is 19.5. The SMILES string of the molecule is CCCCCCCC[NH+]1C=CC=CN1C.F[B-](F)(F)F. The fourth-order valence-electron chi connectivity index (χ4n) is 1.90. The molecule has 0 saturated heterocycles. The molecule has 1 heterocycles. The summed E-state index contributed by atoms with van der Waals surface area (Å²) in [5.41, 5.74) is 0. The summed E-state index contributed by atoms with van der Waals surface area (Å²) in [4.78, 5) is 0. The fraction of sp³-hybridized carbons (Fsp3) is 0.692. The first-order chi connectivity index (χ1) is 9.34. The summed E-state index contributed by atoms with van der Waals surface area (Å²) in [6.45, 7) is 3.49. The molecule has 0 fully saturated rings. The van der Waals surface area contributed by atoms with Gasteiger partial charge in [0.1, 0.15) is 12.7 Å². The molecule has 0 bridgehead atoms. The van der Waals surface area contributed by atoms with Crippen LogP contribution in [0, 0.1) is 0 Å². The van der Waals surface area contributed by atoms with Gasteiger partial charge in [-0.2, -0.15) is 0 Å². The number of nitrogens with zero attached hydrogens (tertiary/aromatic N) is 1. The Morgan fingerprint density at radius 2 is 1.50 bits per heavy atom. The average molecular weight is 296 g/mol. The third-order valence-electron chi connectivity index (χ3n) is 2.95. The third kappa shape index (κ3) is 13.5. The van der Waals surface area contributed by atoms with Crippen molar-refractivity contribution < 1.29 is 22.3 Å². The van der Waals surface area contributed by atoms with Crippen LogP contribution < -0.4 is 5.01 Å². The number of hydrogen-bond donors (Lipinski definition) is 1. The normalized spacial score (nSPS) is 17.9. The molecule has 118 valence electrons. The third-order valence-corrected chi connectivity index (χ3v) is 2.95. The molecule has 1 unspecified atom stereocenters. The maximum absolute atomic E-state index is 9.75. The molecule has 0 aromatic heterocycles. The number of hydrogen-bond acceptors (Lipinski definition) is 1. The van der Waals surface area contributed by atoms with Gasteiger partial charge in [0.2, 0.25) is 0 Å². The lowest BCUT2D eigenvalue weighted by Crippen LogP contribution is -3.13. The van der Waals surface area contributed by atoms with Gasteiger partial charge >= 0.3 is 7.25 Å². The number of quaternary nitrogens is 1. The molecule has 0 aromatic rings. The van der Waals surface area contributed by atoms with Crippen LogP contribution in [0.25, 0.3) is 0 Å². The van der Waals surface area contributed by atoms with Gasteiger partial charge in [-0.3, -0.25) is 0 Å². The average Bonchev–Trinajstić information content (AvgIpc) is 2.33. The molecule has 0 saturated carbocycles. The van der Waals surface area contributed by atoms with Crippen molar-refractivity contribution >= 4 is 7.25 Å². The van der Waals surface area contributed by atoms with Gasteiger partial charge in [0.25, 0.3) is 0 Å². The molecule has 1 N–H and O–H groups in total. The van der Waals surface area contributed by atoms with Crippen LogP contribution in [0.1, 0.15) is 45.4 Å². The maximum atomic E-state index is 9.75. The van der Waals surface area contributed by atoms with Gasteiger partial charge in [0, 0.05) is 0 Å². The van der Waals surface area contributed by atoms with Crippen molar-refractivity contribution in [3.63, 3.8) is 0 Å². The lowest BCUT2D eigenvalue weighted by molar-refractivity contribution is -0.959. The van der Waals surface area contributed by atoms with E-state index in [0.717, 1.165) is 0 Å². The van der Waals surface area contributed by atoms with Crippen molar-refractivity contribution in [3.8, 4) is 0 Å². The van der Waals surface area contributed by atoms with E-state index in [1.165, 1.54) is 50.1 Å². The summed E-state index contributed by atoms with van der Waals surface area (Å²) < 4.78 is 39.0. The standard InChI is InChI=1S/C13H24N2.BF4/c1-3-4-5-6-7-8-12-15-13-10-9-11-14(15)2;2-1(3,4)5/h9-11,13H,3-8,12H2,1-2H3;/q;-1/p+1. The molecular formula is C13H25BF4N2. The zero-order valence-electron chi connectivity index (χ0n) is 12.3. The Kier molecular flexibility index (Phi) is 10.2. The molecule has 7 heteroatoms. The van der Waals surface area contributed by atoms with E-state index >= 15 is 0 Å². The number of rotatable bonds is 7. The number of unbranched alkanes of at least 4 members (excludes halogenated alkanes) is 5. The first-order valence-electron chi connectivity index (χ1n) is 7.15. The van der Waals surface area contributed by atoms with Crippen LogP contribution >= 0.6 is 0 Å². The summed E-state index contributed by atoms with van der Waals surface area (Å²) >= 11 is 0. The van der Waals surface area contributed by atoms with Crippen LogP contribution in [0.4, 0.5) is 17.3 Å². The summed E-state index contributed by atoms with van der Waals surface area (Å²) in [6, 6.07) is 0. The highest BCUT2D eigenvalue weighted by molar-refractivity contribution is 6.50. The summed E-state index contributed by atoms with van der Waals surface area (Å²) in [7, 11) is -3.87. The van der Waals surface area contributed by atoms with Crippen molar-refractivity contribution in [1.82, 2.24) is 5.01 Å². The number of nitrogens with one attached hydrogen (secondary N) is 1. The second kappa shape index (κ2) is 10.8. The second-order valence-corrected chi connectivity index (χ2v) is 4.82. The largest absolute Gasteiger partial charge is 0.673 e. The van der Waals surface area contributed by atoms with Crippen LogP contribution in [-0.4, -0.2) is 25.9 Å². The lowest BCUT2D eigenvalue weighted by Gasteiger charge is -2.25. The molecule has 1 rings (SSSR count). The van der Waals surface area contributed by atoms with Gasteiger partial charge in [0.05, 0.1) is 13.2 Å². The predicted molar refractivity (Wildman–Crippen MR) is 75.4 cm³/mol. The minimum Gasteiger partial charge on any atom is -0.418 e. The molecule has 20 heavy (non-hydrogen) atoms. The van der Waals surface area contributed by atoms with E-state index in [2.05, 4.69) is 43.5 Å². The van der Waals surface area contributed by atoms with E-state index in [1.807, 2.05) is 0 Å². The monoisotopic (exact) mass is 296 g/mol. The Morgan fingerprint density at radius 3 is 2.05 bits per heavy atom. The Hall–Kier alpha value is -0.975. The molecule has 1 aliphatic rings. The molecule has 0 spiro atoms. The van der Waals surface area contributed by atoms with Gasteiger partial charge in [-0.1, -0.05) is 32.6 Å². The van der Waals surface area contributed by atoms with Crippen molar-refractivity contribution in [2.75, 3.05) is 13.6 Å². The quantitative estimate of drug-likeness (QED) is 0.430. The van der Waals surface area contributed by atoms with Crippen molar-refractivity contribution in [3.05, 3.63) is 24.6 Å². The van der Waals surface area contributed by atoms with Gasteiger partial charge in [0.15, 0.2) is 0 Å². The van der Waals surface area contributed by atoms with E-state index in [0.29, 0.717) is 0 Å². The topological polar surface area (TPSA) is 7.68 Å². The number of halogens is 4. The zero-order chi connectivity index (χ0) is 15.4. The zero-order valence-corrected chi connectivity index (χ0v) is 12.3. The highest BCUT2D eigenvalue weighted by Gasteiger charge is 2.20. The Morgan fingerprint density at radius 1 is 0.950 bits per heavy atom. The minimum atomic E-state index is -6.00. The van der Waals surface area contributed by atoms with E-state index in [-0.39, 0.29) is 0 Å². The lowest BCUT2D eigenvalue weighted by atomic mass is 10.1. The predicted octanol–water partition coefficient (Wildman–Crippen LogP) is 3.42. The van der Waals surface area contributed by atoms with Gasteiger partial charge in [-0.05, 0) is 25.0 Å². The molecule has 0 aromatic carbocycles. The van der Waals surface area contributed by atoms with Gasteiger partial charge < -0.3 is 17.3 Å². The molecular weight excluding hydrogens is 271 g/mol.